The quantitative estimate of drug-likeness (QED) is 0.447. The Labute approximate surface area is 97.3 Å². The third-order valence-electron chi connectivity index (χ3n) is 1.96. The minimum atomic E-state index is -0.388. The lowest BCUT2D eigenvalue weighted by molar-refractivity contribution is -0.380. The summed E-state index contributed by atoms with van der Waals surface area (Å²) in [5.74, 6) is 0. The van der Waals surface area contributed by atoms with Crippen molar-refractivity contribution in [2.45, 2.75) is 12.8 Å². The van der Waals surface area contributed by atoms with Crippen LogP contribution >= 0.6 is 11.3 Å². The van der Waals surface area contributed by atoms with E-state index >= 15 is 0 Å². The first-order valence-corrected chi connectivity index (χ1v) is 5.48. The van der Waals surface area contributed by atoms with Crippen molar-refractivity contribution < 1.29 is 14.4 Å². The highest BCUT2D eigenvalue weighted by Gasteiger charge is 2.10. The summed E-state index contributed by atoms with van der Waals surface area (Å²) in [7, 11) is 3.12. The van der Waals surface area contributed by atoms with Gasteiger partial charge in [-0.05, 0) is 6.07 Å². The number of hydrogen-bond acceptors (Lipinski definition) is 6. The van der Waals surface area contributed by atoms with Gasteiger partial charge in [-0.15, -0.1) is 0 Å². The maximum Gasteiger partial charge on any atom is 0.324 e. The molecule has 0 aromatic carbocycles. The Bertz CT molecular complexity index is 338. The highest BCUT2D eigenvalue weighted by Crippen LogP contribution is 2.23. The molecule has 0 aliphatic heterocycles. The van der Waals surface area contributed by atoms with Crippen molar-refractivity contribution in [2.75, 3.05) is 20.8 Å². The largest absolute Gasteiger partial charge is 0.355 e. The van der Waals surface area contributed by atoms with E-state index in [0.29, 0.717) is 13.1 Å². The molecule has 0 saturated heterocycles. The van der Waals surface area contributed by atoms with E-state index in [1.165, 1.54) is 6.07 Å². The van der Waals surface area contributed by atoms with E-state index in [0.717, 1.165) is 16.2 Å². The standard InChI is InChI=1S/C9H14N2O4S/c1-14-9(15-2)6-10-5-7-3-4-8(16-7)11(12)13/h3-4,9-10H,5-6H2,1-2H3. The minimum absolute atomic E-state index is 0.159. The lowest BCUT2D eigenvalue weighted by Gasteiger charge is -2.13. The van der Waals surface area contributed by atoms with Crippen LogP contribution in [0.3, 0.4) is 0 Å². The SMILES string of the molecule is COC(CNCc1ccc([N+](=O)[O-])s1)OC. The summed E-state index contributed by atoms with van der Waals surface area (Å²) in [6.45, 7) is 1.11. The fourth-order valence-corrected chi connectivity index (χ4v) is 1.93. The molecule has 0 aliphatic carbocycles. The first-order valence-electron chi connectivity index (χ1n) is 4.66. The van der Waals surface area contributed by atoms with Gasteiger partial charge in [-0.2, -0.15) is 0 Å². The Morgan fingerprint density at radius 3 is 2.69 bits per heavy atom. The van der Waals surface area contributed by atoms with Crippen molar-refractivity contribution in [3.05, 3.63) is 27.1 Å². The zero-order valence-corrected chi connectivity index (χ0v) is 9.95. The normalized spacial score (nSPS) is 10.9. The average Bonchev–Trinajstić information content (AvgIpc) is 2.73. The highest BCUT2D eigenvalue weighted by molar-refractivity contribution is 7.15. The number of ether oxygens (including phenoxy) is 2. The van der Waals surface area contributed by atoms with Crippen LogP contribution in [0.1, 0.15) is 4.88 Å². The zero-order valence-electron chi connectivity index (χ0n) is 9.13. The van der Waals surface area contributed by atoms with Gasteiger partial charge in [0.05, 0.1) is 4.92 Å². The first-order chi connectivity index (χ1) is 7.67. The van der Waals surface area contributed by atoms with Crippen molar-refractivity contribution >= 4 is 16.3 Å². The zero-order chi connectivity index (χ0) is 12.0. The summed E-state index contributed by atoms with van der Waals surface area (Å²) in [6, 6.07) is 3.25. The lowest BCUT2D eigenvalue weighted by atomic mass is 10.4. The predicted molar refractivity (Wildman–Crippen MR) is 60.5 cm³/mol. The maximum atomic E-state index is 10.4. The molecule has 0 spiro atoms. The van der Waals surface area contributed by atoms with Gasteiger partial charge in [0, 0.05) is 38.3 Å². The van der Waals surface area contributed by atoms with Gasteiger partial charge in [0.25, 0.3) is 0 Å². The Balaban J connectivity index is 2.34. The van der Waals surface area contributed by atoms with Crippen molar-refractivity contribution in [2.24, 2.45) is 0 Å². The maximum absolute atomic E-state index is 10.4. The fraction of sp³-hybridized carbons (Fsp3) is 0.556. The molecule has 0 saturated carbocycles. The molecule has 0 fully saturated rings. The summed E-state index contributed by atoms with van der Waals surface area (Å²) in [5, 5.41) is 13.7. The molecule has 0 radical (unpaired) electrons. The van der Waals surface area contributed by atoms with Gasteiger partial charge in [-0.1, -0.05) is 11.3 Å². The number of thiophene rings is 1. The summed E-state index contributed by atoms with van der Waals surface area (Å²) < 4.78 is 9.98. The van der Waals surface area contributed by atoms with Crippen LogP contribution in [0.5, 0.6) is 0 Å². The van der Waals surface area contributed by atoms with E-state index in [-0.39, 0.29) is 16.2 Å². The minimum Gasteiger partial charge on any atom is -0.355 e. The molecule has 6 nitrogen and oxygen atoms in total. The Kier molecular flexibility index (Phi) is 5.33. The van der Waals surface area contributed by atoms with Crippen molar-refractivity contribution in [1.29, 1.82) is 0 Å². The van der Waals surface area contributed by atoms with Crippen molar-refractivity contribution in [1.82, 2.24) is 5.32 Å². The third-order valence-corrected chi connectivity index (χ3v) is 3.00. The fourth-order valence-electron chi connectivity index (χ4n) is 1.14. The van der Waals surface area contributed by atoms with E-state index in [4.69, 9.17) is 9.47 Å². The second kappa shape index (κ2) is 6.54. The molecule has 0 unspecified atom stereocenters. The van der Waals surface area contributed by atoms with E-state index in [2.05, 4.69) is 5.32 Å². The number of hydrogen-bond donors (Lipinski definition) is 1. The van der Waals surface area contributed by atoms with Crippen molar-refractivity contribution in [3.8, 4) is 0 Å². The molecule has 1 rings (SSSR count). The van der Waals surface area contributed by atoms with E-state index in [1.54, 1.807) is 20.3 Å². The molecule has 1 aromatic rings. The van der Waals surface area contributed by atoms with Crippen LogP contribution in [0, 0.1) is 10.1 Å². The van der Waals surface area contributed by atoms with Gasteiger partial charge in [0.2, 0.25) is 0 Å². The second-order valence-corrected chi connectivity index (χ2v) is 4.18. The number of nitro groups is 1. The average molecular weight is 246 g/mol. The predicted octanol–water partition coefficient (Wildman–Crippen LogP) is 1.36. The summed E-state index contributed by atoms with van der Waals surface area (Å²) in [5.41, 5.74) is 0. The highest BCUT2D eigenvalue weighted by atomic mass is 32.1. The molecular formula is C9H14N2O4S. The third kappa shape index (κ3) is 3.86. The number of methoxy groups -OCH3 is 2. The van der Waals surface area contributed by atoms with Crippen LogP contribution in [-0.4, -0.2) is 32.0 Å². The van der Waals surface area contributed by atoms with Crippen LogP contribution in [0.25, 0.3) is 0 Å². The molecule has 16 heavy (non-hydrogen) atoms. The molecule has 1 heterocycles. The van der Waals surface area contributed by atoms with Crippen LogP contribution in [-0.2, 0) is 16.0 Å². The molecule has 0 amide bonds. The van der Waals surface area contributed by atoms with Gasteiger partial charge in [0.1, 0.15) is 0 Å². The smallest absolute Gasteiger partial charge is 0.324 e. The van der Waals surface area contributed by atoms with Gasteiger partial charge in [-0.25, -0.2) is 0 Å². The number of rotatable bonds is 7. The van der Waals surface area contributed by atoms with Crippen LogP contribution in [0.2, 0.25) is 0 Å². The van der Waals surface area contributed by atoms with E-state index < -0.39 is 0 Å². The molecule has 7 heteroatoms. The Hall–Kier alpha value is -1.02. The molecule has 1 aromatic heterocycles. The van der Waals surface area contributed by atoms with Gasteiger partial charge in [-0.3, -0.25) is 10.1 Å². The van der Waals surface area contributed by atoms with Gasteiger partial charge < -0.3 is 14.8 Å². The molecule has 0 bridgehead atoms. The van der Waals surface area contributed by atoms with Crippen LogP contribution < -0.4 is 5.32 Å². The topological polar surface area (TPSA) is 73.6 Å². The van der Waals surface area contributed by atoms with E-state index in [1.807, 2.05) is 0 Å². The molecule has 90 valence electrons. The Morgan fingerprint density at radius 1 is 1.50 bits per heavy atom. The van der Waals surface area contributed by atoms with Crippen LogP contribution in [0.4, 0.5) is 5.00 Å². The van der Waals surface area contributed by atoms with Crippen molar-refractivity contribution in [3.63, 3.8) is 0 Å². The number of nitrogens with zero attached hydrogens (tertiary/aromatic N) is 1. The summed E-state index contributed by atoms with van der Waals surface area (Å²) >= 11 is 1.16. The van der Waals surface area contributed by atoms with E-state index in [9.17, 15) is 10.1 Å². The first kappa shape index (κ1) is 13.0. The molecule has 0 aliphatic rings. The molecular weight excluding hydrogens is 232 g/mol. The summed E-state index contributed by atoms with van der Waals surface area (Å²) in [4.78, 5) is 11.0. The lowest BCUT2D eigenvalue weighted by Crippen LogP contribution is -2.29. The van der Waals surface area contributed by atoms with Gasteiger partial charge >= 0.3 is 5.00 Å². The van der Waals surface area contributed by atoms with Crippen LogP contribution in [0.15, 0.2) is 12.1 Å². The monoisotopic (exact) mass is 246 g/mol. The summed E-state index contributed by atoms with van der Waals surface area (Å²) in [6.07, 6.45) is -0.296. The molecule has 1 N–H and O–H groups in total. The van der Waals surface area contributed by atoms with Gasteiger partial charge in [0.15, 0.2) is 6.29 Å². The number of nitrogens with one attached hydrogen (secondary N) is 1. The molecule has 0 atom stereocenters. The second-order valence-electron chi connectivity index (χ2n) is 3.03. The Morgan fingerprint density at radius 2 is 2.19 bits per heavy atom.